The Balaban J connectivity index is 2.09. The van der Waals surface area contributed by atoms with Gasteiger partial charge in [-0.2, -0.15) is 8.42 Å². The first-order valence-corrected chi connectivity index (χ1v) is 13.1. The second-order valence-electron chi connectivity index (χ2n) is 8.21. The summed E-state index contributed by atoms with van der Waals surface area (Å²) < 4.78 is 42.0. The molecule has 0 bridgehead atoms. The Morgan fingerprint density at radius 1 is 1.34 bits per heavy atom. The maximum absolute atomic E-state index is 11.3. The Kier molecular flexibility index (Phi) is 5.75. The smallest absolute Gasteiger partial charge is 0.333 e. The molecule has 1 aliphatic rings. The molecule has 0 amide bonds. The number of nitrogen functional groups attached to an aromatic ring is 1. The van der Waals surface area contributed by atoms with Crippen LogP contribution in [0.25, 0.3) is 11.2 Å². The van der Waals surface area contributed by atoms with Crippen LogP contribution in [0.1, 0.15) is 27.2 Å². The summed E-state index contributed by atoms with van der Waals surface area (Å²) in [5.41, 5.74) is 6.49. The number of rotatable bonds is 6. The van der Waals surface area contributed by atoms with Crippen molar-refractivity contribution in [1.29, 1.82) is 0 Å². The quantitative estimate of drug-likeness (QED) is 0.608. The summed E-state index contributed by atoms with van der Waals surface area (Å²) in [5.74, 6) is 0.269. The molecule has 1 fully saturated rings. The molecule has 0 aliphatic carbocycles. The van der Waals surface area contributed by atoms with Crippen molar-refractivity contribution in [3.05, 3.63) is 12.7 Å². The number of ether oxygens (including phenoxy) is 2. The van der Waals surface area contributed by atoms with E-state index in [9.17, 15) is 8.42 Å². The zero-order valence-corrected chi connectivity index (χ0v) is 18.9. The molecule has 2 aromatic heterocycles. The van der Waals surface area contributed by atoms with Crippen molar-refractivity contribution < 1.29 is 22.1 Å². The van der Waals surface area contributed by atoms with Gasteiger partial charge in [-0.15, -0.1) is 0 Å². The van der Waals surface area contributed by atoms with Crippen LogP contribution in [0.5, 0.6) is 0 Å². The van der Waals surface area contributed by atoms with Crippen molar-refractivity contribution in [3.63, 3.8) is 0 Å². The van der Waals surface area contributed by atoms with Gasteiger partial charge in [-0.25, -0.2) is 20.1 Å². The van der Waals surface area contributed by atoms with E-state index in [1.54, 1.807) is 6.33 Å². The molecular formula is C16H27N6O5SSi. The van der Waals surface area contributed by atoms with Crippen LogP contribution < -0.4 is 10.9 Å². The molecular weight excluding hydrogens is 416 g/mol. The first-order valence-electron chi connectivity index (χ1n) is 9.11. The summed E-state index contributed by atoms with van der Waals surface area (Å²) in [7, 11) is -5.35. The van der Waals surface area contributed by atoms with Gasteiger partial charge in [0.05, 0.1) is 24.6 Å². The van der Waals surface area contributed by atoms with Crippen molar-refractivity contribution in [2.75, 3.05) is 12.3 Å². The zero-order chi connectivity index (χ0) is 21.6. The molecule has 0 spiro atoms. The summed E-state index contributed by atoms with van der Waals surface area (Å²) in [4.78, 5) is 12.7. The summed E-state index contributed by atoms with van der Waals surface area (Å²) in [6.45, 7) is 9.83. The number of nitrogens with two attached hydrogens (primary N) is 2. The minimum Gasteiger partial charge on any atom is -0.382 e. The van der Waals surface area contributed by atoms with Crippen molar-refractivity contribution in [3.8, 4) is 0 Å². The van der Waals surface area contributed by atoms with E-state index in [0.717, 1.165) is 0 Å². The number of nitrogens with zero attached hydrogens (tertiary/aromatic N) is 4. The predicted molar refractivity (Wildman–Crippen MR) is 108 cm³/mol. The Morgan fingerprint density at radius 2 is 2.03 bits per heavy atom. The lowest BCUT2D eigenvalue weighted by Crippen LogP contribution is -2.54. The fraction of sp³-hybridized carbons (Fsp3) is 0.688. The van der Waals surface area contributed by atoms with Crippen LogP contribution in [0.15, 0.2) is 12.7 Å². The number of hydrogen-bond donors (Lipinski definition) is 2. The largest absolute Gasteiger partial charge is 0.382 e. The van der Waals surface area contributed by atoms with Crippen LogP contribution in [0, 0.1) is 0 Å². The topological polar surface area (TPSA) is 157 Å². The fourth-order valence-electron chi connectivity index (χ4n) is 3.59. The Labute approximate surface area is 171 Å². The lowest BCUT2D eigenvalue weighted by atomic mass is 10.1. The Morgan fingerprint density at radius 3 is 2.62 bits per heavy atom. The third-order valence-corrected chi connectivity index (χ3v) is 7.19. The molecule has 29 heavy (non-hydrogen) atoms. The molecule has 2 aromatic rings. The van der Waals surface area contributed by atoms with Crippen LogP contribution >= 0.6 is 0 Å². The van der Waals surface area contributed by atoms with Gasteiger partial charge in [0.1, 0.15) is 26.7 Å². The third-order valence-electron chi connectivity index (χ3n) is 4.61. The van der Waals surface area contributed by atoms with E-state index in [-0.39, 0.29) is 12.4 Å². The van der Waals surface area contributed by atoms with Gasteiger partial charge >= 0.3 is 10.3 Å². The number of fused-ring (bicyclic) bond motifs is 1. The maximum Gasteiger partial charge on any atom is 0.333 e. The lowest BCUT2D eigenvalue weighted by molar-refractivity contribution is -0.143. The third kappa shape index (κ3) is 4.44. The van der Waals surface area contributed by atoms with Crippen LogP contribution in [-0.4, -0.2) is 61.1 Å². The summed E-state index contributed by atoms with van der Waals surface area (Å²) in [6, 6.07) is 0. The molecule has 3 atom stereocenters. The standard InChI is InChI=1S/C16H27N6O5SSi/c1-15(2,3)27-11-6-10(7-25-28(18,23)24)26-16(11,29(4)5)22-9-21-12-13(17)19-8-20-14(12)22/h8-11H,6-7H2,1-5H3,(H2,17,19,20)(H2,18,23,24)/t10-,11+,16-/m0/s1. The monoisotopic (exact) mass is 443 g/mol. The van der Waals surface area contributed by atoms with E-state index in [4.69, 9.17) is 24.5 Å². The highest BCUT2D eigenvalue weighted by molar-refractivity contribution is 7.84. The molecule has 4 N–H and O–H groups in total. The van der Waals surface area contributed by atoms with Gasteiger partial charge in [0.2, 0.25) is 0 Å². The molecule has 0 aromatic carbocycles. The van der Waals surface area contributed by atoms with E-state index >= 15 is 0 Å². The molecule has 1 saturated heterocycles. The van der Waals surface area contributed by atoms with E-state index in [1.807, 2.05) is 25.3 Å². The van der Waals surface area contributed by atoms with E-state index < -0.39 is 42.3 Å². The number of imidazole rings is 1. The van der Waals surface area contributed by atoms with Crippen LogP contribution in [0.4, 0.5) is 5.82 Å². The lowest BCUT2D eigenvalue weighted by Gasteiger charge is -2.41. The first-order chi connectivity index (χ1) is 13.3. The second-order valence-corrected chi connectivity index (χ2v) is 12.2. The van der Waals surface area contributed by atoms with Gasteiger partial charge in [-0.3, -0.25) is 8.75 Å². The minimum absolute atomic E-state index is 0.205. The molecule has 1 aliphatic heterocycles. The van der Waals surface area contributed by atoms with Crippen LogP contribution in [0.3, 0.4) is 0 Å². The molecule has 11 nitrogen and oxygen atoms in total. The van der Waals surface area contributed by atoms with E-state index in [2.05, 4.69) is 28.0 Å². The highest BCUT2D eigenvalue weighted by Crippen LogP contribution is 2.43. The van der Waals surface area contributed by atoms with Crippen molar-refractivity contribution in [2.45, 2.75) is 63.4 Å². The number of anilines is 1. The van der Waals surface area contributed by atoms with Gasteiger partial charge in [-0.05, 0) is 20.8 Å². The average Bonchev–Trinajstić information content (AvgIpc) is 3.14. The summed E-state index contributed by atoms with van der Waals surface area (Å²) >= 11 is 0. The highest BCUT2D eigenvalue weighted by Gasteiger charge is 2.55. The van der Waals surface area contributed by atoms with Crippen molar-refractivity contribution in [1.82, 2.24) is 19.5 Å². The summed E-state index contributed by atoms with van der Waals surface area (Å²) in [5, 5.41) is 4.07. The zero-order valence-electron chi connectivity index (χ0n) is 17.1. The molecule has 3 rings (SSSR count). The molecule has 3 heterocycles. The normalized spacial score (nSPS) is 25.9. The van der Waals surface area contributed by atoms with Crippen molar-refractivity contribution >= 4 is 36.1 Å². The number of aromatic nitrogens is 4. The molecule has 0 unspecified atom stereocenters. The van der Waals surface area contributed by atoms with Gasteiger partial charge in [0, 0.05) is 6.42 Å². The van der Waals surface area contributed by atoms with Gasteiger partial charge in [0.25, 0.3) is 0 Å². The SMILES string of the molecule is C[Si](C)[C@@]1(n2cnc3c(N)ncnc32)O[C@H](COS(N)(=O)=O)C[C@H]1OC(C)(C)C. The minimum atomic E-state index is -4.08. The fourth-order valence-corrected chi connectivity index (χ4v) is 5.80. The Bertz CT molecular complexity index is 991. The highest BCUT2D eigenvalue weighted by atomic mass is 32.2. The van der Waals surface area contributed by atoms with Crippen LogP contribution in [0.2, 0.25) is 13.1 Å². The van der Waals surface area contributed by atoms with Crippen LogP contribution in [-0.2, 0) is 29.3 Å². The van der Waals surface area contributed by atoms with Gasteiger partial charge in [0.15, 0.2) is 16.8 Å². The van der Waals surface area contributed by atoms with E-state index in [0.29, 0.717) is 17.6 Å². The molecule has 161 valence electrons. The summed E-state index contributed by atoms with van der Waals surface area (Å²) in [6.07, 6.45) is 2.47. The van der Waals surface area contributed by atoms with E-state index in [1.165, 1.54) is 6.33 Å². The average molecular weight is 444 g/mol. The predicted octanol–water partition coefficient (Wildman–Crippen LogP) is 0.548. The first kappa shape index (κ1) is 22.1. The van der Waals surface area contributed by atoms with Gasteiger partial charge in [-0.1, -0.05) is 13.1 Å². The van der Waals surface area contributed by atoms with Crippen molar-refractivity contribution in [2.24, 2.45) is 5.14 Å². The molecule has 0 saturated carbocycles. The maximum atomic E-state index is 11.3. The number of hydrogen-bond acceptors (Lipinski definition) is 9. The second kappa shape index (κ2) is 7.56. The van der Waals surface area contributed by atoms with Gasteiger partial charge < -0.3 is 15.2 Å². The molecule has 13 heteroatoms. The molecule has 1 radical (unpaired) electrons. The Hall–Kier alpha value is -1.64.